The molecule has 2 aromatic carbocycles. The van der Waals surface area contributed by atoms with Crippen LogP contribution in [-0.2, 0) is 7.05 Å². The number of benzene rings is 2. The first-order chi connectivity index (χ1) is 13.4. The van der Waals surface area contributed by atoms with Crippen molar-refractivity contribution in [1.29, 1.82) is 0 Å². The second-order valence-electron chi connectivity index (χ2n) is 6.04. The van der Waals surface area contributed by atoms with E-state index in [1.165, 1.54) is 0 Å². The van der Waals surface area contributed by atoms with E-state index in [0.717, 1.165) is 11.4 Å². The monoisotopic (exact) mass is 507 g/mol. The van der Waals surface area contributed by atoms with Gasteiger partial charge >= 0.3 is 0 Å². The lowest BCUT2D eigenvalue weighted by atomic mass is 10.2. The second kappa shape index (κ2) is 8.36. The van der Waals surface area contributed by atoms with Crippen molar-refractivity contribution in [3.05, 3.63) is 67.0 Å². The number of aromatic nitrogens is 2. The highest BCUT2D eigenvalue weighted by atomic mass is 79.9. The first kappa shape index (κ1) is 20.4. The third kappa shape index (κ3) is 3.66. The van der Waals surface area contributed by atoms with Gasteiger partial charge in [-0.3, -0.25) is 9.48 Å². The third-order valence-electron chi connectivity index (χ3n) is 4.33. The van der Waals surface area contributed by atoms with Crippen molar-refractivity contribution in [2.24, 2.45) is 12.0 Å². The largest absolute Gasteiger partial charge is 0.503 e. The van der Waals surface area contributed by atoms with Gasteiger partial charge < -0.3 is 9.84 Å². The summed E-state index contributed by atoms with van der Waals surface area (Å²) in [5, 5.41) is 10.2. The molecule has 0 amide bonds. The van der Waals surface area contributed by atoms with E-state index in [2.05, 4.69) is 36.9 Å². The Labute approximate surface area is 179 Å². The zero-order chi connectivity index (χ0) is 20.4. The molecule has 0 aliphatic rings. The van der Waals surface area contributed by atoms with Crippen molar-refractivity contribution in [3.63, 3.8) is 0 Å². The molecule has 1 aromatic heterocycles. The van der Waals surface area contributed by atoms with E-state index >= 15 is 0 Å². The molecule has 6 nitrogen and oxygen atoms in total. The zero-order valence-electron chi connectivity index (χ0n) is 15.6. The molecule has 1 N–H and O–H groups in total. The normalized spacial score (nSPS) is 11.3. The molecule has 3 aromatic rings. The molecule has 0 saturated heterocycles. The van der Waals surface area contributed by atoms with Gasteiger partial charge in [-0.15, -0.1) is 0 Å². The molecule has 0 unspecified atom stereocenters. The highest BCUT2D eigenvalue weighted by Crippen LogP contribution is 2.41. The van der Waals surface area contributed by atoms with Crippen LogP contribution in [0.3, 0.4) is 0 Å². The minimum absolute atomic E-state index is 0.00759. The van der Waals surface area contributed by atoms with Crippen molar-refractivity contribution in [2.45, 2.75) is 13.8 Å². The molecular formula is C20H19Br2N3O3. The van der Waals surface area contributed by atoms with Gasteiger partial charge in [0.1, 0.15) is 0 Å². The number of ether oxygens (including phenoxy) is 1. The zero-order valence-corrected chi connectivity index (χ0v) is 18.8. The molecule has 0 radical (unpaired) electrons. The fraction of sp³-hybridized carbons (Fsp3) is 0.200. The molecule has 0 aliphatic carbocycles. The summed E-state index contributed by atoms with van der Waals surface area (Å²) in [4.78, 5) is 17.4. The van der Waals surface area contributed by atoms with Gasteiger partial charge in [0, 0.05) is 23.3 Å². The van der Waals surface area contributed by atoms with Crippen LogP contribution < -0.4 is 10.3 Å². The van der Waals surface area contributed by atoms with Gasteiger partial charge in [0.25, 0.3) is 5.56 Å². The molecule has 146 valence electrons. The van der Waals surface area contributed by atoms with Crippen LogP contribution in [0.1, 0.15) is 18.2 Å². The predicted molar refractivity (Wildman–Crippen MR) is 118 cm³/mol. The molecule has 1 heterocycles. The Kier molecular flexibility index (Phi) is 6.10. The van der Waals surface area contributed by atoms with Crippen LogP contribution in [0.2, 0.25) is 0 Å². The number of halogens is 2. The quantitative estimate of drug-likeness (QED) is 0.500. The van der Waals surface area contributed by atoms with Gasteiger partial charge in [-0.25, -0.2) is 9.67 Å². The Morgan fingerprint density at radius 3 is 2.54 bits per heavy atom. The fourth-order valence-corrected chi connectivity index (χ4v) is 3.64. The third-order valence-corrected chi connectivity index (χ3v) is 6.49. The highest BCUT2D eigenvalue weighted by Gasteiger charge is 2.17. The number of hydrogen-bond acceptors (Lipinski definition) is 4. The van der Waals surface area contributed by atoms with Crippen LogP contribution in [0.5, 0.6) is 11.5 Å². The van der Waals surface area contributed by atoms with Crippen LogP contribution >= 0.6 is 31.9 Å². The van der Waals surface area contributed by atoms with E-state index in [1.807, 2.05) is 51.2 Å². The summed E-state index contributed by atoms with van der Waals surface area (Å²) < 4.78 is 9.90. The van der Waals surface area contributed by atoms with Crippen LogP contribution in [-0.4, -0.2) is 27.3 Å². The summed E-state index contributed by atoms with van der Waals surface area (Å²) in [5.41, 5.74) is 2.32. The molecule has 28 heavy (non-hydrogen) atoms. The second-order valence-corrected chi connectivity index (χ2v) is 7.63. The predicted octanol–water partition coefficient (Wildman–Crippen LogP) is 4.86. The standard InChI is InChI=1S/C20H19Br2N3O3/c1-4-28-15-10-13(16(21)17(22)19(15)26)11-23-18-12(2)24(3)25(20(18)27)14-8-6-5-7-9-14/h5-11,26H,4H2,1-3H3. The van der Waals surface area contributed by atoms with E-state index in [1.54, 1.807) is 21.6 Å². The maximum atomic E-state index is 13.0. The number of aliphatic imine (C=N–C) groups is 1. The summed E-state index contributed by atoms with van der Waals surface area (Å²) in [6.45, 7) is 4.10. The van der Waals surface area contributed by atoms with Crippen molar-refractivity contribution < 1.29 is 9.84 Å². The van der Waals surface area contributed by atoms with Crippen molar-refractivity contribution >= 4 is 43.8 Å². The van der Waals surface area contributed by atoms with Crippen LogP contribution in [0.4, 0.5) is 5.69 Å². The maximum Gasteiger partial charge on any atom is 0.297 e. The molecule has 0 bridgehead atoms. The average Bonchev–Trinajstić information content (AvgIpc) is 2.91. The number of hydrogen-bond donors (Lipinski definition) is 1. The van der Waals surface area contributed by atoms with Gasteiger partial charge in [-0.05, 0) is 63.9 Å². The number of nitrogens with zero attached hydrogens (tertiary/aromatic N) is 3. The van der Waals surface area contributed by atoms with Crippen molar-refractivity contribution in [3.8, 4) is 17.2 Å². The van der Waals surface area contributed by atoms with Crippen molar-refractivity contribution in [1.82, 2.24) is 9.36 Å². The summed E-state index contributed by atoms with van der Waals surface area (Å²) in [6.07, 6.45) is 1.58. The molecular weight excluding hydrogens is 490 g/mol. The van der Waals surface area contributed by atoms with E-state index in [-0.39, 0.29) is 11.3 Å². The van der Waals surface area contributed by atoms with E-state index in [9.17, 15) is 9.90 Å². The summed E-state index contributed by atoms with van der Waals surface area (Å²) in [7, 11) is 1.82. The molecule has 0 spiro atoms. The summed E-state index contributed by atoms with van der Waals surface area (Å²) >= 11 is 6.78. The fourth-order valence-electron chi connectivity index (χ4n) is 2.81. The maximum absolute atomic E-state index is 13.0. The lowest BCUT2D eigenvalue weighted by Crippen LogP contribution is -2.19. The Morgan fingerprint density at radius 1 is 1.21 bits per heavy atom. The molecule has 8 heteroatoms. The Morgan fingerprint density at radius 2 is 1.89 bits per heavy atom. The molecule has 0 fully saturated rings. The first-order valence-corrected chi connectivity index (χ1v) is 10.2. The average molecular weight is 509 g/mol. The number of aromatic hydroxyl groups is 1. The lowest BCUT2D eigenvalue weighted by Gasteiger charge is -2.10. The number of para-hydroxylation sites is 1. The van der Waals surface area contributed by atoms with Crippen LogP contribution in [0.25, 0.3) is 5.69 Å². The van der Waals surface area contributed by atoms with Gasteiger partial charge in [-0.2, -0.15) is 0 Å². The minimum atomic E-state index is -0.207. The lowest BCUT2D eigenvalue weighted by molar-refractivity contribution is 0.317. The van der Waals surface area contributed by atoms with E-state index in [4.69, 9.17) is 4.74 Å². The van der Waals surface area contributed by atoms with Gasteiger partial charge in [0.2, 0.25) is 0 Å². The molecule has 0 atom stereocenters. The van der Waals surface area contributed by atoms with E-state index in [0.29, 0.717) is 32.6 Å². The number of phenolic OH excluding ortho intramolecular Hbond substituents is 1. The molecule has 0 saturated carbocycles. The number of rotatable bonds is 5. The first-order valence-electron chi connectivity index (χ1n) is 8.58. The van der Waals surface area contributed by atoms with E-state index < -0.39 is 0 Å². The minimum Gasteiger partial charge on any atom is -0.503 e. The smallest absolute Gasteiger partial charge is 0.297 e. The van der Waals surface area contributed by atoms with Crippen molar-refractivity contribution in [2.75, 3.05) is 6.61 Å². The van der Waals surface area contributed by atoms with Gasteiger partial charge in [0.05, 0.1) is 22.5 Å². The Bertz CT molecular complexity index is 1100. The van der Waals surface area contributed by atoms with Gasteiger partial charge in [-0.1, -0.05) is 18.2 Å². The summed E-state index contributed by atoms with van der Waals surface area (Å²) in [6, 6.07) is 11.1. The van der Waals surface area contributed by atoms with Crippen LogP contribution in [0.15, 0.2) is 55.1 Å². The Hall–Kier alpha value is -2.32. The molecule has 3 rings (SSSR count). The number of phenols is 1. The highest BCUT2D eigenvalue weighted by molar-refractivity contribution is 9.13. The summed E-state index contributed by atoms with van der Waals surface area (Å²) in [5.74, 6) is 0.346. The molecule has 0 aliphatic heterocycles. The topological polar surface area (TPSA) is 68.8 Å². The SMILES string of the molecule is CCOc1cc(C=Nc2c(C)n(C)n(-c3ccccc3)c2=O)c(Br)c(Br)c1O. The van der Waals surface area contributed by atoms with Crippen LogP contribution in [0, 0.1) is 6.92 Å². The van der Waals surface area contributed by atoms with Gasteiger partial charge in [0.15, 0.2) is 17.2 Å². The Balaban J connectivity index is 2.08.